The summed E-state index contributed by atoms with van der Waals surface area (Å²) in [6.07, 6.45) is 2.76. The van der Waals surface area contributed by atoms with Crippen LogP contribution < -0.4 is 11.2 Å². The molecule has 1 aliphatic heterocycles. The Morgan fingerprint density at radius 1 is 1.36 bits per heavy atom. The standard InChI is InChI=1S/C15H26N2O4Si/c1-15(2,3)22(4,5)20-10-11-6-7-13(21-11)17-9-8-12(18)16-14(17)19/h8-9,11,13H,6-7,10H2,1-5H3,(H,16,18,19)/t11-,13+/m0/s1. The predicted octanol–water partition coefficient (Wildman–Crippen LogP) is 2.24. The van der Waals surface area contributed by atoms with E-state index < -0.39 is 19.6 Å². The van der Waals surface area contributed by atoms with Gasteiger partial charge in [-0.15, -0.1) is 0 Å². The van der Waals surface area contributed by atoms with Crippen LogP contribution in [0, 0.1) is 0 Å². The molecule has 0 bridgehead atoms. The molecule has 1 aromatic rings. The summed E-state index contributed by atoms with van der Waals surface area (Å²) in [5, 5.41) is 0.168. The van der Waals surface area contributed by atoms with Gasteiger partial charge in [-0.05, 0) is 31.0 Å². The molecule has 0 radical (unpaired) electrons. The largest absolute Gasteiger partial charge is 0.414 e. The summed E-state index contributed by atoms with van der Waals surface area (Å²) in [5.41, 5.74) is -0.819. The maximum Gasteiger partial charge on any atom is 0.330 e. The topological polar surface area (TPSA) is 73.3 Å². The van der Waals surface area contributed by atoms with Gasteiger partial charge in [-0.2, -0.15) is 0 Å². The number of aromatic nitrogens is 2. The summed E-state index contributed by atoms with van der Waals surface area (Å²) < 4.78 is 13.5. The summed E-state index contributed by atoms with van der Waals surface area (Å²) in [6, 6.07) is 1.34. The van der Waals surface area contributed by atoms with Gasteiger partial charge in [0.1, 0.15) is 6.23 Å². The third kappa shape index (κ3) is 3.77. The first-order chi connectivity index (χ1) is 10.1. The van der Waals surface area contributed by atoms with Gasteiger partial charge in [-0.1, -0.05) is 20.8 Å². The van der Waals surface area contributed by atoms with Gasteiger partial charge >= 0.3 is 5.69 Å². The second-order valence-corrected chi connectivity index (χ2v) is 12.2. The van der Waals surface area contributed by atoms with E-state index in [1.165, 1.54) is 16.8 Å². The van der Waals surface area contributed by atoms with Gasteiger partial charge in [0.15, 0.2) is 8.32 Å². The van der Waals surface area contributed by atoms with E-state index in [9.17, 15) is 9.59 Å². The normalized spacial score (nSPS) is 23.0. The quantitative estimate of drug-likeness (QED) is 0.861. The van der Waals surface area contributed by atoms with E-state index in [0.29, 0.717) is 6.61 Å². The van der Waals surface area contributed by atoms with E-state index in [0.717, 1.165) is 12.8 Å². The van der Waals surface area contributed by atoms with Crippen LogP contribution in [0.15, 0.2) is 21.9 Å². The second-order valence-electron chi connectivity index (χ2n) is 7.38. The summed E-state index contributed by atoms with van der Waals surface area (Å²) in [4.78, 5) is 25.1. The fourth-order valence-corrected chi connectivity index (χ4v) is 3.22. The van der Waals surface area contributed by atoms with Crippen LogP contribution in [-0.2, 0) is 9.16 Å². The van der Waals surface area contributed by atoms with Crippen LogP contribution in [0.25, 0.3) is 0 Å². The fourth-order valence-electron chi connectivity index (χ4n) is 2.19. The van der Waals surface area contributed by atoms with Crippen molar-refractivity contribution in [3.05, 3.63) is 33.1 Å². The maximum absolute atomic E-state index is 11.8. The maximum atomic E-state index is 11.8. The summed E-state index contributed by atoms with van der Waals surface area (Å²) in [6.45, 7) is 11.6. The fraction of sp³-hybridized carbons (Fsp3) is 0.733. The number of hydrogen-bond donors (Lipinski definition) is 1. The molecular weight excluding hydrogens is 300 g/mol. The Kier molecular flexibility index (Phi) is 4.79. The molecule has 1 saturated heterocycles. The van der Waals surface area contributed by atoms with Crippen LogP contribution in [-0.4, -0.2) is 30.6 Å². The van der Waals surface area contributed by atoms with E-state index in [1.54, 1.807) is 0 Å². The molecule has 1 aliphatic rings. The van der Waals surface area contributed by atoms with E-state index in [4.69, 9.17) is 9.16 Å². The zero-order valence-electron chi connectivity index (χ0n) is 14.0. The number of rotatable bonds is 4. The minimum Gasteiger partial charge on any atom is -0.414 e. The molecule has 0 unspecified atom stereocenters. The van der Waals surface area contributed by atoms with E-state index in [1.807, 2.05) is 0 Å². The Morgan fingerprint density at radius 3 is 2.64 bits per heavy atom. The zero-order chi connectivity index (χ0) is 16.5. The molecule has 1 N–H and O–H groups in total. The molecule has 124 valence electrons. The first kappa shape index (κ1) is 17.2. The van der Waals surface area contributed by atoms with E-state index in [-0.39, 0.29) is 17.4 Å². The molecule has 1 aromatic heterocycles. The zero-order valence-corrected chi connectivity index (χ0v) is 15.0. The van der Waals surface area contributed by atoms with Gasteiger partial charge < -0.3 is 9.16 Å². The number of nitrogens with one attached hydrogen (secondary N) is 1. The Morgan fingerprint density at radius 2 is 2.05 bits per heavy atom. The lowest BCUT2D eigenvalue weighted by Crippen LogP contribution is -2.42. The lowest BCUT2D eigenvalue weighted by Gasteiger charge is -2.36. The molecule has 2 heterocycles. The highest BCUT2D eigenvalue weighted by atomic mass is 28.4. The highest BCUT2D eigenvalue weighted by Crippen LogP contribution is 2.37. The Hall–Kier alpha value is -1.18. The predicted molar refractivity (Wildman–Crippen MR) is 87.6 cm³/mol. The average molecular weight is 326 g/mol. The molecule has 0 aromatic carbocycles. The highest BCUT2D eigenvalue weighted by Gasteiger charge is 2.38. The minimum atomic E-state index is -1.79. The Bertz CT molecular complexity index is 629. The molecule has 0 aliphatic carbocycles. The first-order valence-corrected chi connectivity index (χ1v) is 10.6. The second kappa shape index (κ2) is 6.14. The molecule has 6 nitrogen and oxygen atoms in total. The first-order valence-electron chi connectivity index (χ1n) is 7.71. The van der Waals surface area contributed by atoms with Crippen LogP contribution in [0.2, 0.25) is 18.1 Å². The third-order valence-corrected chi connectivity index (χ3v) is 9.18. The monoisotopic (exact) mass is 326 g/mol. The molecule has 0 saturated carbocycles. The lowest BCUT2D eigenvalue weighted by atomic mass is 10.2. The lowest BCUT2D eigenvalue weighted by molar-refractivity contribution is -0.0222. The minimum absolute atomic E-state index is 0.00190. The van der Waals surface area contributed by atoms with Crippen LogP contribution in [0.1, 0.15) is 39.8 Å². The van der Waals surface area contributed by atoms with Crippen LogP contribution in [0.3, 0.4) is 0 Å². The Labute approximate surface area is 131 Å². The van der Waals surface area contributed by atoms with Crippen molar-refractivity contribution in [2.24, 2.45) is 0 Å². The summed E-state index contributed by atoms with van der Waals surface area (Å²) in [5.74, 6) is 0. The number of hydrogen-bond acceptors (Lipinski definition) is 4. The molecule has 0 amide bonds. The number of aromatic amines is 1. The summed E-state index contributed by atoms with van der Waals surface area (Å²) in [7, 11) is -1.79. The molecule has 2 atom stereocenters. The highest BCUT2D eigenvalue weighted by molar-refractivity contribution is 6.74. The SMILES string of the molecule is CC(C)(C)[Si](C)(C)OC[C@@H]1CC[C@H](n2ccc(=O)[nH]c2=O)O1. The van der Waals surface area contributed by atoms with Crippen molar-refractivity contribution in [3.63, 3.8) is 0 Å². The molecule has 1 fully saturated rings. The molecule has 7 heteroatoms. The van der Waals surface area contributed by atoms with Gasteiger partial charge in [0.05, 0.1) is 12.7 Å². The number of ether oxygens (including phenoxy) is 1. The van der Waals surface area contributed by atoms with Crippen LogP contribution in [0.5, 0.6) is 0 Å². The third-order valence-electron chi connectivity index (χ3n) is 4.68. The smallest absolute Gasteiger partial charge is 0.330 e. The van der Waals surface area contributed by atoms with Crippen molar-refractivity contribution in [1.29, 1.82) is 0 Å². The van der Waals surface area contributed by atoms with Gasteiger partial charge in [-0.25, -0.2) is 4.79 Å². The molecular formula is C15H26N2O4Si. The molecule has 22 heavy (non-hydrogen) atoms. The van der Waals surface area contributed by atoms with Crippen molar-refractivity contribution < 1.29 is 9.16 Å². The van der Waals surface area contributed by atoms with Gasteiger partial charge in [0.25, 0.3) is 5.56 Å². The average Bonchev–Trinajstić information content (AvgIpc) is 2.83. The van der Waals surface area contributed by atoms with Crippen molar-refractivity contribution >= 4 is 8.32 Å². The van der Waals surface area contributed by atoms with Crippen LogP contribution in [0.4, 0.5) is 0 Å². The summed E-state index contributed by atoms with van der Waals surface area (Å²) >= 11 is 0. The number of H-pyrrole nitrogens is 1. The van der Waals surface area contributed by atoms with Crippen molar-refractivity contribution in [2.45, 2.75) is 64.1 Å². The number of nitrogens with zero attached hydrogens (tertiary/aromatic N) is 1. The van der Waals surface area contributed by atoms with E-state index >= 15 is 0 Å². The van der Waals surface area contributed by atoms with Gasteiger partial charge in [-0.3, -0.25) is 14.3 Å². The molecule has 0 spiro atoms. The Balaban J connectivity index is 1.96. The van der Waals surface area contributed by atoms with Crippen molar-refractivity contribution in [2.75, 3.05) is 6.61 Å². The van der Waals surface area contributed by atoms with Crippen molar-refractivity contribution in [1.82, 2.24) is 9.55 Å². The van der Waals surface area contributed by atoms with Crippen LogP contribution >= 0.6 is 0 Å². The van der Waals surface area contributed by atoms with Gasteiger partial charge in [0, 0.05) is 12.3 Å². The van der Waals surface area contributed by atoms with Gasteiger partial charge in [0.2, 0.25) is 0 Å². The van der Waals surface area contributed by atoms with E-state index in [2.05, 4.69) is 38.8 Å². The molecule has 2 rings (SSSR count). The van der Waals surface area contributed by atoms with Crippen molar-refractivity contribution in [3.8, 4) is 0 Å².